The monoisotopic (exact) mass is 398 g/mol. The van der Waals surface area contributed by atoms with E-state index in [-0.39, 0.29) is 11.3 Å². The van der Waals surface area contributed by atoms with Gasteiger partial charge in [0.1, 0.15) is 5.52 Å². The summed E-state index contributed by atoms with van der Waals surface area (Å²) >= 11 is 0. The highest BCUT2D eigenvalue weighted by Crippen LogP contribution is 2.29. The summed E-state index contributed by atoms with van der Waals surface area (Å²) in [6, 6.07) is 21.5. The maximum atomic E-state index is 12.5. The average Bonchev–Trinajstić information content (AvgIpc) is 3.16. The van der Waals surface area contributed by atoms with Gasteiger partial charge in [-0.3, -0.25) is 4.79 Å². The molecule has 1 N–H and O–H groups in total. The number of rotatable bonds is 4. The molecule has 1 heterocycles. The summed E-state index contributed by atoms with van der Waals surface area (Å²) in [6.07, 6.45) is 0.950. The van der Waals surface area contributed by atoms with Crippen LogP contribution in [0.1, 0.15) is 49.2 Å². The molecule has 0 aliphatic carbocycles. The lowest BCUT2D eigenvalue weighted by Gasteiger charge is -2.18. The van der Waals surface area contributed by atoms with Gasteiger partial charge < -0.3 is 9.73 Å². The second-order valence-corrected chi connectivity index (χ2v) is 8.53. The van der Waals surface area contributed by atoms with Crippen LogP contribution in [-0.4, -0.2) is 10.9 Å². The minimum atomic E-state index is -0.140. The van der Waals surface area contributed by atoms with E-state index in [1.807, 2.05) is 54.6 Å². The molecule has 30 heavy (non-hydrogen) atoms. The van der Waals surface area contributed by atoms with Crippen LogP contribution in [-0.2, 0) is 11.8 Å². The number of hydrogen-bond acceptors (Lipinski definition) is 3. The van der Waals surface area contributed by atoms with E-state index in [1.165, 1.54) is 11.1 Å². The summed E-state index contributed by atoms with van der Waals surface area (Å²) in [5, 5.41) is 2.94. The van der Waals surface area contributed by atoms with Gasteiger partial charge >= 0.3 is 0 Å². The maximum Gasteiger partial charge on any atom is 0.255 e. The molecule has 152 valence electrons. The van der Waals surface area contributed by atoms with E-state index < -0.39 is 0 Å². The number of carbonyl (C=O) groups is 1. The Hall–Kier alpha value is -3.40. The number of fused-ring (bicyclic) bond motifs is 1. The molecule has 0 unspecified atom stereocenters. The molecule has 0 spiro atoms. The summed E-state index contributed by atoms with van der Waals surface area (Å²) in [5.74, 6) is 0.433. The third kappa shape index (κ3) is 4.13. The van der Waals surface area contributed by atoms with Crippen molar-refractivity contribution >= 4 is 22.7 Å². The maximum absolute atomic E-state index is 12.5. The normalized spacial score (nSPS) is 11.6. The number of benzene rings is 3. The minimum Gasteiger partial charge on any atom is -0.436 e. The molecule has 0 fully saturated rings. The first-order valence-corrected chi connectivity index (χ1v) is 10.3. The van der Waals surface area contributed by atoms with Crippen molar-refractivity contribution < 1.29 is 9.21 Å². The lowest BCUT2D eigenvalue weighted by molar-refractivity contribution is 0.102. The van der Waals surface area contributed by atoms with Gasteiger partial charge in [-0.25, -0.2) is 4.98 Å². The van der Waals surface area contributed by atoms with E-state index in [0.29, 0.717) is 28.2 Å². The Kier molecular flexibility index (Phi) is 5.17. The molecule has 0 bridgehead atoms. The van der Waals surface area contributed by atoms with Gasteiger partial charge in [-0.1, -0.05) is 52.0 Å². The van der Waals surface area contributed by atoms with Gasteiger partial charge in [0.05, 0.1) is 0 Å². The number of oxazole rings is 1. The van der Waals surface area contributed by atoms with Crippen molar-refractivity contribution in [2.45, 2.75) is 39.5 Å². The minimum absolute atomic E-state index is 0.101. The fraction of sp³-hybridized carbons (Fsp3) is 0.231. The average molecular weight is 399 g/mol. The number of anilines is 1. The first kappa shape index (κ1) is 19.9. The van der Waals surface area contributed by atoms with E-state index in [4.69, 9.17) is 4.42 Å². The van der Waals surface area contributed by atoms with Gasteiger partial charge in [0.25, 0.3) is 5.91 Å². The Morgan fingerprint density at radius 2 is 1.67 bits per heavy atom. The number of aromatic nitrogens is 1. The molecule has 0 aliphatic rings. The smallest absolute Gasteiger partial charge is 0.255 e. The van der Waals surface area contributed by atoms with Crippen LogP contribution in [0.5, 0.6) is 0 Å². The highest BCUT2D eigenvalue weighted by Gasteiger charge is 2.15. The van der Waals surface area contributed by atoms with Gasteiger partial charge in [0, 0.05) is 16.8 Å². The van der Waals surface area contributed by atoms with Crippen LogP contribution in [0.15, 0.2) is 71.1 Å². The molecule has 3 aromatic carbocycles. The molecule has 0 atom stereocenters. The molecular weight excluding hydrogens is 372 g/mol. The third-order valence-electron chi connectivity index (χ3n) is 5.27. The fourth-order valence-corrected chi connectivity index (χ4v) is 3.34. The molecule has 0 saturated carbocycles. The second-order valence-electron chi connectivity index (χ2n) is 8.53. The van der Waals surface area contributed by atoms with E-state index >= 15 is 0 Å². The standard InChI is InChI=1S/C26H26N2O2/c1-5-17-6-8-18(9-7-17)24(29)27-21-14-15-23-22(16-21)28-25(30-23)19-10-12-20(13-11-19)26(2,3)4/h6-16H,5H2,1-4H3,(H,27,29). The first-order valence-electron chi connectivity index (χ1n) is 10.3. The van der Waals surface area contributed by atoms with Crippen LogP contribution >= 0.6 is 0 Å². The summed E-state index contributed by atoms with van der Waals surface area (Å²) in [4.78, 5) is 17.2. The van der Waals surface area contributed by atoms with Crippen LogP contribution in [0.4, 0.5) is 5.69 Å². The van der Waals surface area contributed by atoms with Crippen molar-refractivity contribution in [3.05, 3.63) is 83.4 Å². The quantitative estimate of drug-likeness (QED) is 0.421. The Bertz CT molecular complexity index is 1180. The van der Waals surface area contributed by atoms with Gasteiger partial charge in [-0.05, 0) is 65.4 Å². The van der Waals surface area contributed by atoms with Crippen molar-refractivity contribution in [1.29, 1.82) is 0 Å². The largest absolute Gasteiger partial charge is 0.436 e. The molecule has 4 aromatic rings. The van der Waals surface area contributed by atoms with Crippen LogP contribution < -0.4 is 5.32 Å². The Labute approximate surface area is 177 Å². The Morgan fingerprint density at radius 1 is 0.967 bits per heavy atom. The zero-order chi connectivity index (χ0) is 21.3. The van der Waals surface area contributed by atoms with Crippen molar-refractivity contribution in [2.24, 2.45) is 0 Å². The van der Waals surface area contributed by atoms with Crippen molar-refractivity contribution in [2.75, 3.05) is 5.32 Å². The first-order chi connectivity index (χ1) is 14.3. The molecule has 4 heteroatoms. The van der Waals surface area contributed by atoms with Crippen molar-refractivity contribution in [3.63, 3.8) is 0 Å². The predicted octanol–water partition coefficient (Wildman–Crippen LogP) is 6.61. The molecule has 4 rings (SSSR count). The van der Waals surface area contributed by atoms with E-state index in [2.05, 4.69) is 50.1 Å². The number of nitrogens with one attached hydrogen (secondary N) is 1. The van der Waals surface area contributed by atoms with Crippen LogP contribution in [0, 0.1) is 0 Å². The summed E-state index contributed by atoms with van der Waals surface area (Å²) in [5.41, 5.74) is 6.23. The molecule has 0 aliphatic heterocycles. The Balaban J connectivity index is 1.55. The lowest BCUT2D eigenvalue weighted by atomic mass is 9.87. The van der Waals surface area contributed by atoms with Gasteiger partial charge in [-0.15, -0.1) is 0 Å². The van der Waals surface area contributed by atoms with Crippen LogP contribution in [0.2, 0.25) is 0 Å². The topological polar surface area (TPSA) is 55.1 Å². The van der Waals surface area contributed by atoms with Crippen molar-refractivity contribution in [1.82, 2.24) is 4.98 Å². The SMILES string of the molecule is CCc1ccc(C(=O)Nc2ccc3oc(-c4ccc(C(C)(C)C)cc4)nc3c2)cc1. The summed E-state index contributed by atoms with van der Waals surface area (Å²) in [7, 11) is 0. The third-order valence-corrected chi connectivity index (χ3v) is 5.27. The summed E-state index contributed by atoms with van der Waals surface area (Å²) < 4.78 is 5.93. The van der Waals surface area contributed by atoms with E-state index in [0.717, 1.165) is 12.0 Å². The van der Waals surface area contributed by atoms with E-state index in [9.17, 15) is 4.79 Å². The highest BCUT2D eigenvalue weighted by atomic mass is 16.3. The Morgan fingerprint density at radius 3 is 2.30 bits per heavy atom. The van der Waals surface area contributed by atoms with Crippen LogP contribution in [0.25, 0.3) is 22.6 Å². The molecular formula is C26H26N2O2. The molecule has 4 nitrogen and oxygen atoms in total. The van der Waals surface area contributed by atoms with Crippen molar-refractivity contribution in [3.8, 4) is 11.5 Å². The summed E-state index contributed by atoms with van der Waals surface area (Å²) in [6.45, 7) is 8.66. The van der Waals surface area contributed by atoms with E-state index in [1.54, 1.807) is 0 Å². The molecule has 1 aromatic heterocycles. The van der Waals surface area contributed by atoms with Gasteiger partial charge in [0.2, 0.25) is 5.89 Å². The predicted molar refractivity (Wildman–Crippen MR) is 122 cm³/mol. The highest BCUT2D eigenvalue weighted by molar-refractivity contribution is 6.05. The number of carbonyl (C=O) groups excluding carboxylic acids is 1. The second kappa shape index (κ2) is 7.79. The zero-order valence-electron chi connectivity index (χ0n) is 17.8. The zero-order valence-corrected chi connectivity index (χ0v) is 17.8. The molecule has 1 amide bonds. The number of aryl methyl sites for hydroxylation is 1. The molecule has 0 radical (unpaired) electrons. The number of hydrogen-bond donors (Lipinski definition) is 1. The fourth-order valence-electron chi connectivity index (χ4n) is 3.34. The van der Waals surface area contributed by atoms with Gasteiger partial charge in [-0.2, -0.15) is 0 Å². The lowest BCUT2D eigenvalue weighted by Crippen LogP contribution is -2.11. The van der Waals surface area contributed by atoms with Gasteiger partial charge in [0.15, 0.2) is 5.58 Å². The number of nitrogens with zero attached hydrogens (tertiary/aromatic N) is 1. The van der Waals surface area contributed by atoms with Crippen LogP contribution in [0.3, 0.4) is 0 Å². The number of amides is 1. The molecule has 0 saturated heterocycles.